The maximum Gasteiger partial charge on any atom is 0.347 e. The smallest absolute Gasteiger partial charge is 0.347 e. The molecule has 0 radical (unpaired) electrons. The van der Waals surface area contributed by atoms with Crippen molar-refractivity contribution in [3.63, 3.8) is 0 Å². The van der Waals surface area contributed by atoms with Crippen molar-refractivity contribution in [2.45, 2.75) is 25.8 Å². The molecule has 0 aliphatic carbocycles. The molecule has 3 heterocycles. The number of benzene rings is 1. The van der Waals surface area contributed by atoms with E-state index < -0.39 is 0 Å². The van der Waals surface area contributed by atoms with Crippen molar-refractivity contribution in [2.24, 2.45) is 5.92 Å². The number of imidazole rings is 1. The van der Waals surface area contributed by atoms with Crippen LogP contribution in [0.2, 0.25) is 0 Å². The molecule has 7 heteroatoms. The van der Waals surface area contributed by atoms with Crippen LogP contribution in [-0.4, -0.2) is 42.7 Å². The van der Waals surface area contributed by atoms with Crippen LogP contribution in [0.3, 0.4) is 0 Å². The summed E-state index contributed by atoms with van der Waals surface area (Å²) in [5.74, 6) is 1.37. The highest BCUT2D eigenvalue weighted by Gasteiger charge is 2.22. The van der Waals surface area contributed by atoms with E-state index in [0.29, 0.717) is 5.92 Å². The van der Waals surface area contributed by atoms with Gasteiger partial charge in [0.05, 0.1) is 12.0 Å². The lowest BCUT2D eigenvalue weighted by Gasteiger charge is -2.31. The van der Waals surface area contributed by atoms with Crippen LogP contribution in [0.4, 0.5) is 0 Å². The number of likely N-dealkylation sites (tertiary alicyclic amines) is 1. The molecule has 1 saturated heterocycles. The highest BCUT2D eigenvalue weighted by Crippen LogP contribution is 2.22. The second-order valence-corrected chi connectivity index (χ2v) is 6.62. The molecule has 25 heavy (non-hydrogen) atoms. The number of rotatable bonds is 5. The Balaban J connectivity index is 1.40. The highest BCUT2D eigenvalue weighted by atomic mass is 16.1. The molecular formula is C18H22N6O. The van der Waals surface area contributed by atoms with Crippen LogP contribution in [-0.2, 0) is 13.0 Å². The molecule has 2 aromatic heterocycles. The third-order valence-corrected chi connectivity index (χ3v) is 4.88. The topological polar surface area (TPSA) is 82.6 Å². The Bertz CT molecular complexity index is 843. The van der Waals surface area contributed by atoms with E-state index in [2.05, 4.69) is 25.1 Å². The zero-order valence-electron chi connectivity index (χ0n) is 14.1. The summed E-state index contributed by atoms with van der Waals surface area (Å²) in [5.41, 5.74) is 1.86. The van der Waals surface area contributed by atoms with Gasteiger partial charge in [-0.3, -0.25) is 4.90 Å². The molecule has 3 aromatic rings. The molecule has 0 bridgehead atoms. The van der Waals surface area contributed by atoms with Gasteiger partial charge in [0.15, 0.2) is 0 Å². The molecule has 1 aliphatic rings. The van der Waals surface area contributed by atoms with E-state index in [1.807, 2.05) is 36.5 Å². The zero-order valence-corrected chi connectivity index (χ0v) is 14.1. The number of aromatic nitrogens is 5. The summed E-state index contributed by atoms with van der Waals surface area (Å²) < 4.78 is 1.69. The van der Waals surface area contributed by atoms with Gasteiger partial charge in [0.1, 0.15) is 5.82 Å². The first-order chi connectivity index (χ1) is 12.3. The van der Waals surface area contributed by atoms with E-state index in [1.54, 1.807) is 10.9 Å². The fraction of sp³-hybridized carbons (Fsp3) is 0.389. The first-order valence-electron chi connectivity index (χ1n) is 8.71. The van der Waals surface area contributed by atoms with E-state index in [-0.39, 0.29) is 5.69 Å². The van der Waals surface area contributed by atoms with Gasteiger partial charge in [-0.1, -0.05) is 18.2 Å². The van der Waals surface area contributed by atoms with Crippen LogP contribution in [0.15, 0.2) is 47.7 Å². The van der Waals surface area contributed by atoms with Crippen LogP contribution < -0.4 is 5.69 Å². The Hall–Kier alpha value is -2.67. The summed E-state index contributed by atoms with van der Waals surface area (Å²) in [7, 11) is 0. The quantitative estimate of drug-likeness (QED) is 0.742. The molecular weight excluding hydrogens is 316 g/mol. The lowest BCUT2D eigenvalue weighted by atomic mass is 9.93. The third kappa shape index (κ3) is 3.56. The Morgan fingerprint density at radius 2 is 1.96 bits per heavy atom. The number of piperidine rings is 1. The molecule has 0 atom stereocenters. The van der Waals surface area contributed by atoms with Gasteiger partial charge in [-0.05, 0) is 44.0 Å². The summed E-state index contributed by atoms with van der Waals surface area (Å²) in [5, 5.41) is 6.86. The molecule has 2 N–H and O–H groups in total. The summed E-state index contributed by atoms with van der Waals surface area (Å²) in [6.45, 7) is 3.04. The van der Waals surface area contributed by atoms with Gasteiger partial charge < -0.3 is 4.98 Å². The molecule has 0 spiro atoms. The number of nitrogens with one attached hydrogen (secondary N) is 2. The van der Waals surface area contributed by atoms with Crippen molar-refractivity contribution < 1.29 is 0 Å². The fourth-order valence-electron chi connectivity index (χ4n) is 3.53. The van der Waals surface area contributed by atoms with E-state index in [4.69, 9.17) is 0 Å². The summed E-state index contributed by atoms with van der Waals surface area (Å²) in [4.78, 5) is 21.8. The molecule has 0 amide bonds. The lowest BCUT2D eigenvalue weighted by molar-refractivity contribution is 0.174. The highest BCUT2D eigenvalue weighted by molar-refractivity contribution is 5.32. The van der Waals surface area contributed by atoms with Gasteiger partial charge in [0, 0.05) is 24.9 Å². The molecule has 4 rings (SSSR count). The van der Waals surface area contributed by atoms with Crippen LogP contribution in [0.5, 0.6) is 0 Å². The van der Waals surface area contributed by atoms with Gasteiger partial charge in [-0.15, -0.1) is 0 Å². The predicted molar refractivity (Wildman–Crippen MR) is 94.5 cm³/mol. The second kappa shape index (κ2) is 7.06. The van der Waals surface area contributed by atoms with E-state index in [1.165, 1.54) is 0 Å². The lowest BCUT2D eigenvalue weighted by Crippen LogP contribution is -2.34. The standard InChI is InChI=1S/C18H22N6O/c25-18-22-21-17(24(18)16-4-2-1-3-5-16)10-14-6-8-23(9-7-14)12-15-11-19-13-20-15/h1-5,11,13-14H,6-10,12H2,(H,19,20)(H,22,25). The minimum atomic E-state index is -0.169. The number of para-hydroxylation sites is 1. The number of aromatic amines is 2. The van der Waals surface area contributed by atoms with E-state index >= 15 is 0 Å². The molecule has 1 aromatic carbocycles. The maximum atomic E-state index is 12.1. The van der Waals surface area contributed by atoms with Gasteiger partial charge in [-0.25, -0.2) is 19.4 Å². The molecule has 0 saturated carbocycles. The zero-order chi connectivity index (χ0) is 17.1. The number of hydrogen-bond donors (Lipinski definition) is 2. The largest absolute Gasteiger partial charge is 0.347 e. The van der Waals surface area contributed by atoms with Gasteiger partial charge in [0.2, 0.25) is 0 Å². The van der Waals surface area contributed by atoms with Crippen molar-refractivity contribution >= 4 is 0 Å². The first kappa shape index (κ1) is 15.8. The van der Waals surface area contributed by atoms with E-state index in [0.717, 1.165) is 56.1 Å². The Kier molecular flexibility index (Phi) is 4.47. The van der Waals surface area contributed by atoms with Gasteiger partial charge >= 0.3 is 5.69 Å². The minimum Gasteiger partial charge on any atom is -0.347 e. The van der Waals surface area contributed by atoms with Crippen molar-refractivity contribution in [2.75, 3.05) is 13.1 Å². The molecule has 0 unspecified atom stereocenters. The normalized spacial score (nSPS) is 16.3. The van der Waals surface area contributed by atoms with Gasteiger partial charge in [-0.2, -0.15) is 5.10 Å². The predicted octanol–water partition coefficient (Wildman–Crippen LogP) is 1.74. The summed E-state index contributed by atoms with van der Waals surface area (Å²) in [6.07, 6.45) is 6.66. The summed E-state index contributed by atoms with van der Waals surface area (Å²) in [6, 6.07) is 9.70. The Morgan fingerprint density at radius 1 is 1.16 bits per heavy atom. The van der Waals surface area contributed by atoms with E-state index in [9.17, 15) is 4.79 Å². The maximum absolute atomic E-state index is 12.1. The number of nitrogens with zero attached hydrogens (tertiary/aromatic N) is 4. The van der Waals surface area contributed by atoms with Crippen molar-refractivity contribution in [3.05, 3.63) is 64.9 Å². The number of H-pyrrole nitrogens is 2. The van der Waals surface area contributed by atoms with Crippen LogP contribution in [0, 0.1) is 5.92 Å². The van der Waals surface area contributed by atoms with Crippen LogP contribution >= 0.6 is 0 Å². The fourth-order valence-corrected chi connectivity index (χ4v) is 3.53. The molecule has 130 valence electrons. The van der Waals surface area contributed by atoms with Crippen molar-refractivity contribution in [3.8, 4) is 5.69 Å². The average molecular weight is 338 g/mol. The molecule has 1 fully saturated rings. The number of hydrogen-bond acceptors (Lipinski definition) is 4. The van der Waals surface area contributed by atoms with Crippen molar-refractivity contribution in [1.82, 2.24) is 29.6 Å². The Labute approximate surface area is 145 Å². The van der Waals surface area contributed by atoms with Crippen LogP contribution in [0.25, 0.3) is 5.69 Å². The van der Waals surface area contributed by atoms with Crippen LogP contribution in [0.1, 0.15) is 24.4 Å². The SMILES string of the molecule is O=c1[nH]nc(CC2CCN(Cc3cnc[nH]3)CC2)n1-c1ccccc1. The monoisotopic (exact) mass is 338 g/mol. The summed E-state index contributed by atoms with van der Waals surface area (Å²) >= 11 is 0. The first-order valence-corrected chi connectivity index (χ1v) is 8.71. The van der Waals surface area contributed by atoms with Crippen molar-refractivity contribution in [1.29, 1.82) is 0 Å². The minimum absolute atomic E-state index is 0.169. The average Bonchev–Trinajstić information content (AvgIpc) is 3.27. The second-order valence-electron chi connectivity index (χ2n) is 6.62. The van der Waals surface area contributed by atoms with Gasteiger partial charge in [0.25, 0.3) is 0 Å². The molecule has 7 nitrogen and oxygen atoms in total. The third-order valence-electron chi connectivity index (χ3n) is 4.88. The Morgan fingerprint density at radius 3 is 2.68 bits per heavy atom. The molecule has 1 aliphatic heterocycles.